The fourth-order valence-electron chi connectivity index (χ4n) is 1.89. The van der Waals surface area contributed by atoms with Crippen LogP contribution in [0.5, 0.6) is 0 Å². The Morgan fingerprint density at radius 1 is 1.38 bits per heavy atom. The van der Waals surface area contributed by atoms with Crippen LogP contribution >= 0.6 is 15.9 Å². The highest BCUT2D eigenvalue weighted by Crippen LogP contribution is 2.26. The van der Waals surface area contributed by atoms with Crippen molar-refractivity contribution in [1.29, 1.82) is 0 Å². The third-order valence-electron chi connectivity index (χ3n) is 3.07. The van der Waals surface area contributed by atoms with Gasteiger partial charge in [-0.1, -0.05) is 0 Å². The molecule has 0 unspecified atom stereocenters. The molecule has 7 nitrogen and oxygen atoms in total. The normalized spacial score (nSPS) is 13.8. The molecule has 0 saturated heterocycles. The van der Waals surface area contributed by atoms with E-state index < -0.39 is 11.9 Å². The lowest BCUT2D eigenvalue weighted by Gasteiger charge is -2.21. The van der Waals surface area contributed by atoms with E-state index in [4.69, 9.17) is 9.52 Å². The molecule has 1 aliphatic carbocycles. The van der Waals surface area contributed by atoms with Gasteiger partial charge in [-0.3, -0.25) is 14.4 Å². The SMILES string of the molecule is O=C(O)CCN(C(=O)CNC(=O)c1ccc(Br)o1)C1CC1. The average Bonchev–Trinajstić information content (AvgIpc) is 3.17. The van der Waals surface area contributed by atoms with Crippen LogP contribution in [0.1, 0.15) is 29.8 Å². The van der Waals surface area contributed by atoms with E-state index in [9.17, 15) is 14.4 Å². The molecule has 21 heavy (non-hydrogen) atoms. The van der Waals surface area contributed by atoms with Crippen molar-refractivity contribution in [2.75, 3.05) is 13.1 Å². The molecule has 1 heterocycles. The number of amides is 2. The van der Waals surface area contributed by atoms with Crippen molar-refractivity contribution in [1.82, 2.24) is 10.2 Å². The van der Waals surface area contributed by atoms with Gasteiger partial charge in [0.2, 0.25) is 5.91 Å². The maximum Gasteiger partial charge on any atom is 0.305 e. The number of aliphatic carboxylic acids is 1. The van der Waals surface area contributed by atoms with Gasteiger partial charge in [-0.2, -0.15) is 0 Å². The molecule has 1 saturated carbocycles. The van der Waals surface area contributed by atoms with Crippen LogP contribution in [0.15, 0.2) is 21.2 Å². The minimum absolute atomic E-state index is 0.0959. The van der Waals surface area contributed by atoms with Crippen LogP contribution in [-0.2, 0) is 9.59 Å². The predicted molar refractivity (Wildman–Crippen MR) is 75.7 cm³/mol. The second-order valence-corrected chi connectivity index (χ2v) is 5.53. The Balaban J connectivity index is 1.84. The highest BCUT2D eigenvalue weighted by Gasteiger charge is 2.32. The summed E-state index contributed by atoms with van der Waals surface area (Å²) < 4.78 is 5.51. The van der Waals surface area contributed by atoms with E-state index in [1.54, 1.807) is 6.07 Å². The van der Waals surface area contributed by atoms with Gasteiger partial charge in [-0.15, -0.1) is 0 Å². The Hall–Kier alpha value is -1.83. The van der Waals surface area contributed by atoms with Crippen molar-refractivity contribution in [3.63, 3.8) is 0 Å². The molecule has 2 N–H and O–H groups in total. The maximum absolute atomic E-state index is 12.1. The summed E-state index contributed by atoms with van der Waals surface area (Å²) in [6.45, 7) is -0.00568. The molecule has 8 heteroatoms. The van der Waals surface area contributed by atoms with E-state index in [1.807, 2.05) is 0 Å². The van der Waals surface area contributed by atoms with Crippen LogP contribution in [0.25, 0.3) is 0 Å². The smallest absolute Gasteiger partial charge is 0.305 e. The summed E-state index contributed by atoms with van der Waals surface area (Å²) >= 11 is 3.09. The van der Waals surface area contributed by atoms with Crippen LogP contribution in [0.3, 0.4) is 0 Å². The Labute approximate surface area is 129 Å². The molecule has 1 fully saturated rings. The first-order chi connectivity index (χ1) is 9.97. The van der Waals surface area contributed by atoms with Crippen molar-refractivity contribution in [3.05, 3.63) is 22.6 Å². The lowest BCUT2D eigenvalue weighted by atomic mass is 10.3. The second kappa shape index (κ2) is 6.75. The Kier molecular flexibility index (Phi) is 5.00. The molecule has 1 aromatic rings. The maximum atomic E-state index is 12.1. The Bertz CT molecular complexity index is 553. The number of hydrogen-bond donors (Lipinski definition) is 2. The topological polar surface area (TPSA) is 99.9 Å². The van der Waals surface area contributed by atoms with E-state index >= 15 is 0 Å². The molecule has 0 spiro atoms. The minimum Gasteiger partial charge on any atom is -0.481 e. The molecule has 2 rings (SSSR count). The van der Waals surface area contributed by atoms with Crippen molar-refractivity contribution in [2.24, 2.45) is 0 Å². The number of nitrogens with zero attached hydrogens (tertiary/aromatic N) is 1. The number of rotatable bonds is 7. The number of halogens is 1. The van der Waals surface area contributed by atoms with Crippen molar-refractivity contribution in [3.8, 4) is 0 Å². The van der Waals surface area contributed by atoms with E-state index in [2.05, 4.69) is 21.2 Å². The summed E-state index contributed by atoms with van der Waals surface area (Å²) in [4.78, 5) is 35.9. The number of furan rings is 1. The lowest BCUT2D eigenvalue weighted by molar-refractivity contribution is -0.138. The zero-order valence-electron chi connectivity index (χ0n) is 11.2. The molecule has 0 radical (unpaired) electrons. The molecule has 0 bridgehead atoms. The van der Waals surface area contributed by atoms with Crippen molar-refractivity contribution >= 4 is 33.7 Å². The summed E-state index contributed by atoms with van der Waals surface area (Å²) in [5.41, 5.74) is 0. The first kappa shape index (κ1) is 15.6. The predicted octanol–water partition coefficient (Wildman–Crippen LogP) is 1.24. The van der Waals surface area contributed by atoms with Crippen molar-refractivity contribution < 1.29 is 23.9 Å². The van der Waals surface area contributed by atoms with Crippen molar-refractivity contribution in [2.45, 2.75) is 25.3 Å². The van der Waals surface area contributed by atoms with Crippen LogP contribution in [0.4, 0.5) is 0 Å². The van der Waals surface area contributed by atoms with Crippen LogP contribution in [0, 0.1) is 0 Å². The van der Waals surface area contributed by atoms with Crippen LogP contribution in [-0.4, -0.2) is 46.9 Å². The third-order valence-corrected chi connectivity index (χ3v) is 3.50. The fraction of sp³-hybridized carbons (Fsp3) is 0.462. The number of carboxylic acid groups (broad SMARTS) is 1. The van der Waals surface area contributed by atoms with Gasteiger partial charge in [0.25, 0.3) is 5.91 Å². The zero-order valence-corrected chi connectivity index (χ0v) is 12.8. The largest absolute Gasteiger partial charge is 0.481 e. The quantitative estimate of drug-likeness (QED) is 0.763. The van der Waals surface area contributed by atoms with Crippen LogP contribution < -0.4 is 5.32 Å². The highest BCUT2D eigenvalue weighted by molar-refractivity contribution is 9.10. The highest BCUT2D eigenvalue weighted by atomic mass is 79.9. The first-order valence-electron chi connectivity index (χ1n) is 6.52. The van der Waals surface area contributed by atoms with Gasteiger partial charge in [0, 0.05) is 12.6 Å². The van der Waals surface area contributed by atoms with Gasteiger partial charge in [-0.25, -0.2) is 0 Å². The minimum atomic E-state index is -0.946. The number of carboxylic acids is 1. The third kappa shape index (κ3) is 4.59. The molecule has 2 amide bonds. The van der Waals surface area contributed by atoms with Gasteiger partial charge in [0.1, 0.15) is 0 Å². The van der Waals surface area contributed by atoms with Gasteiger partial charge < -0.3 is 19.7 Å². The monoisotopic (exact) mass is 358 g/mol. The molecule has 0 atom stereocenters. The van der Waals surface area contributed by atoms with Gasteiger partial charge in [-0.05, 0) is 40.9 Å². The van der Waals surface area contributed by atoms with E-state index in [0.717, 1.165) is 12.8 Å². The fourth-order valence-corrected chi connectivity index (χ4v) is 2.20. The molecular weight excluding hydrogens is 344 g/mol. The van der Waals surface area contributed by atoms with E-state index in [0.29, 0.717) is 4.67 Å². The Morgan fingerprint density at radius 2 is 2.10 bits per heavy atom. The van der Waals surface area contributed by atoms with Gasteiger partial charge in [0.15, 0.2) is 10.4 Å². The number of carbonyl (C=O) groups is 3. The lowest BCUT2D eigenvalue weighted by Crippen LogP contribution is -2.42. The summed E-state index contributed by atoms with van der Waals surface area (Å²) in [7, 11) is 0. The van der Waals surface area contributed by atoms with Gasteiger partial charge >= 0.3 is 5.97 Å². The van der Waals surface area contributed by atoms with Gasteiger partial charge in [0.05, 0.1) is 13.0 Å². The number of hydrogen-bond acceptors (Lipinski definition) is 4. The standard InChI is InChI=1S/C13H15BrN2O5/c14-10-4-3-9(21-10)13(20)15-7-11(17)16(8-1-2-8)6-5-12(18)19/h3-4,8H,1-2,5-7H2,(H,15,20)(H,18,19). The number of carbonyl (C=O) groups excluding carboxylic acids is 2. The summed E-state index contributed by atoms with van der Waals surface area (Å²) in [6.07, 6.45) is 1.66. The molecular formula is C13H15BrN2O5. The molecule has 0 aromatic carbocycles. The molecule has 0 aliphatic heterocycles. The summed E-state index contributed by atoms with van der Waals surface area (Å²) in [5.74, 6) is -1.60. The van der Waals surface area contributed by atoms with E-state index in [1.165, 1.54) is 11.0 Å². The number of nitrogens with one attached hydrogen (secondary N) is 1. The second-order valence-electron chi connectivity index (χ2n) is 4.75. The van der Waals surface area contributed by atoms with E-state index in [-0.39, 0.29) is 37.2 Å². The molecule has 114 valence electrons. The summed E-state index contributed by atoms with van der Waals surface area (Å²) in [6, 6.07) is 3.18. The average molecular weight is 359 g/mol. The van der Waals surface area contributed by atoms with Crippen LogP contribution in [0.2, 0.25) is 0 Å². The Morgan fingerprint density at radius 3 is 2.62 bits per heavy atom. The molecule has 1 aromatic heterocycles. The first-order valence-corrected chi connectivity index (χ1v) is 7.31. The zero-order chi connectivity index (χ0) is 15.4. The summed E-state index contributed by atoms with van der Waals surface area (Å²) in [5, 5.41) is 11.2. The molecule has 1 aliphatic rings.